The lowest BCUT2D eigenvalue weighted by molar-refractivity contribution is -0.121. The molecule has 0 radical (unpaired) electrons. The number of nitrogens with zero attached hydrogens (tertiary/aromatic N) is 2. The molecule has 0 spiro atoms. The number of carbonyl (C=O) groups excluding carboxylic acids is 1. The second kappa shape index (κ2) is 12.4. The zero-order valence-electron chi connectivity index (χ0n) is 19.6. The van der Waals surface area contributed by atoms with Crippen LogP contribution < -0.4 is 9.47 Å². The minimum atomic E-state index is -4.01. The van der Waals surface area contributed by atoms with E-state index in [2.05, 4.69) is 33.8 Å². The highest BCUT2D eigenvalue weighted by Crippen LogP contribution is 2.35. The van der Waals surface area contributed by atoms with Crippen LogP contribution >= 0.6 is 27.7 Å². The van der Waals surface area contributed by atoms with Gasteiger partial charge in [0.05, 0.1) is 23.5 Å². The minimum absolute atomic E-state index is 0.0384. The molecule has 0 saturated carbocycles. The van der Waals surface area contributed by atoms with E-state index in [-0.39, 0.29) is 22.5 Å². The second-order valence-corrected chi connectivity index (χ2v) is 11.1. The van der Waals surface area contributed by atoms with Crippen molar-refractivity contribution in [3.8, 4) is 11.5 Å². The topological polar surface area (TPSA) is 85.3 Å². The lowest BCUT2D eigenvalue weighted by atomic mass is 10.2. The Bertz CT molecular complexity index is 1240. The largest absolute Gasteiger partial charge is 0.493 e. The van der Waals surface area contributed by atoms with E-state index in [1.54, 1.807) is 37.5 Å². The van der Waals surface area contributed by atoms with Gasteiger partial charge < -0.3 is 9.47 Å². The van der Waals surface area contributed by atoms with Gasteiger partial charge in [-0.2, -0.15) is 8.42 Å². The van der Waals surface area contributed by atoms with E-state index in [0.717, 1.165) is 35.5 Å². The van der Waals surface area contributed by atoms with Gasteiger partial charge in [0.15, 0.2) is 16.7 Å². The third kappa shape index (κ3) is 6.99. The summed E-state index contributed by atoms with van der Waals surface area (Å²) in [6.07, 6.45) is 6.37. The van der Waals surface area contributed by atoms with E-state index in [0.29, 0.717) is 28.6 Å². The molecule has 35 heavy (non-hydrogen) atoms. The Balaban J connectivity index is 1.88. The first-order valence-electron chi connectivity index (χ1n) is 11.0. The summed E-state index contributed by atoms with van der Waals surface area (Å²) in [7, 11) is -2.45. The Kier molecular flexibility index (Phi) is 9.59. The fourth-order valence-electron chi connectivity index (χ4n) is 3.21. The van der Waals surface area contributed by atoms with Crippen molar-refractivity contribution in [2.24, 2.45) is 4.40 Å². The molecule has 186 valence electrons. The summed E-state index contributed by atoms with van der Waals surface area (Å²) in [4.78, 5) is 14.7. The Morgan fingerprint density at radius 2 is 1.89 bits per heavy atom. The molecule has 2 aromatic rings. The lowest BCUT2D eigenvalue weighted by Gasteiger charge is -2.12. The maximum absolute atomic E-state index is 13.1. The van der Waals surface area contributed by atoms with Gasteiger partial charge >= 0.3 is 0 Å². The van der Waals surface area contributed by atoms with E-state index in [4.69, 9.17) is 9.47 Å². The average molecular weight is 580 g/mol. The van der Waals surface area contributed by atoms with Gasteiger partial charge in [-0.15, -0.1) is 11.0 Å². The van der Waals surface area contributed by atoms with Crippen molar-refractivity contribution in [2.75, 3.05) is 20.3 Å². The summed E-state index contributed by atoms with van der Waals surface area (Å²) in [6, 6.07) is 11.6. The van der Waals surface area contributed by atoms with E-state index in [1.807, 2.05) is 6.07 Å². The zero-order valence-corrected chi connectivity index (χ0v) is 22.8. The number of thioether (sulfide) groups is 1. The lowest BCUT2D eigenvalue weighted by Crippen LogP contribution is -2.29. The van der Waals surface area contributed by atoms with Crippen molar-refractivity contribution in [3.05, 3.63) is 70.1 Å². The van der Waals surface area contributed by atoms with Crippen LogP contribution in [0.3, 0.4) is 0 Å². The molecule has 1 saturated heterocycles. The summed E-state index contributed by atoms with van der Waals surface area (Å²) in [5.41, 5.74) is 0.717. The Hall–Kier alpha value is -2.56. The highest BCUT2D eigenvalue weighted by molar-refractivity contribution is 9.10. The molecule has 1 fully saturated rings. The van der Waals surface area contributed by atoms with Gasteiger partial charge in [-0.25, -0.2) is 0 Å². The Morgan fingerprint density at radius 3 is 2.54 bits per heavy atom. The number of amidine groups is 1. The predicted octanol–water partition coefficient (Wildman–Crippen LogP) is 5.87. The Labute approximate surface area is 219 Å². The molecule has 10 heteroatoms. The molecule has 3 rings (SSSR count). The van der Waals surface area contributed by atoms with Crippen LogP contribution in [0.5, 0.6) is 11.5 Å². The number of unbranched alkanes of at least 4 members (excludes halogenated alkanes) is 2. The van der Waals surface area contributed by atoms with Crippen LogP contribution in [0.1, 0.15) is 31.7 Å². The number of benzene rings is 2. The molecule has 0 unspecified atom stereocenters. The maximum atomic E-state index is 13.1. The second-order valence-electron chi connectivity index (χ2n) is 7.58. The van der Waals surface area contributed by atoms with Gasteiger partial charge in [-0.1, -0.05) is 47.8 Å². The van der Waals surface area contributed by atoms with Crippen LogP contribution in [-0.4, -0.2) is 44.7 Å². The van der Waals surface area contributed by atoms with Gasteiger partial charge in [0.25, 0.3) is 15.9 Å². The number of amides is 1. The van der Waals surface area contributed by atoms with E-state index in [1.165, 1.54) is 23.1 Å². The summed E-state index contributed by atoms with van der Waals surface area (Å²) in [5.74, 6) is 0.840. The molecular formula is C25H27BrN2O5S2. The van der Waals surface area contributed by atoms with Crippen molar-refractivity contribution in [3.63, 3.8) is 0 Å². The van der Waals surface area contributed by atoms with Crippen molar-refractivity contribution in [1.29, 1.82) is 0 Å². The molecule has 7 nitrogen and oxygen atoms in total. The number of rotatable bonds is 11. The van der Waals surface area contributed by atoms with E-state index >= 15 is 0 Å². The molecule has 0 aromatic heterocycles. The molecular weight excluding hydrogens is 552 g/mol. The number of carbonyl (C=O) groups is 1. The number of hydrogen-bond donors (Lipinski definition) is 0. The smallest absolute Gasteiger partial charge is 0.284 e. The number of hydrogen-bond acceptors (Lipinski definition) is 6. The fourth-order valence-corrected chi connectivity index (χ4v) is 5.66. The zero-order chi connectivity index (χ0) is 25.4. The average Bonchev–Trinajstić information content (AvgIpc) is 3.11. The van der Waals surface area contributed by atoms with Crippen molar-refractivity contribution < 1.29 is 22.7 Å². The van der Waals surface area contributed by atoms with Gasteiger partial charge in [0.1, 0.15) is 0 Å². The Morgan fingerprint density at radius 1 is 1.14 bits per heavy atom. The summed E-state index contributed by atoms with van der Waals surface area (Å²) >= 11 is 4.29. The normalized spacial score (nSPS) is 16.2. The summed E-state index contributed by atoms with van der Waals surface area (Å²) in [5, 5.41) is 0.0758. The van der Waals surface area contributed by atoms with E-state index < -0.39 is 10.0 Å². The predicted molar refractivity (Wildman–Crippen MR) is 144 cm³/mol. The molecule has 1 amide bonds. The molecule has 1 aliphatic rings. The SMILES string of the molecule is C=CCN1C(=O)/C(=C/c2ccc(OCCCCC)c(OC)c2)S/C1=N/S(=O)(=O)c1ccc(Br)cc1. The monoisotopic (exact) mass is 578 g/mol. The van der Waals surface area contributed by atoms with Gasteiger partial charge in [-0.3, -0.25) is 9.69 Å². The maximum Gasteiger partial charge on any atom is 0.284 e. The van der Waals surface area contributed by atoms with Crippen LogP contribution in [0.25, 0.3) is 6.08 Å². The van der Waals surface area contributed by atoms with Gasteiger partial charge in [0, 0.05) is 11.0 Å². The van der Waals surface area contributed by atoms with Crippen molar-refractivity contribution >= 4 is 54.9 Å². The molecule has 0 bridgehead atoms. The molecule has 0 atom stereocenters. The summed E-state index contributed by atoms with van der Waals surface area (Å²) < 4.78 is 41.7. The summed E-state index contributed by atoms with van der Waals surface area (Å²) in [6.45, 7) is 6.53. The number of halogens is 1. The first kappa shape index (κ1) is 27.0. The van der Waals surface area contributed by atoms with Crippen LogP contribution in [0, 0.1) is 0 Å². The molecule has 1 heterocycles. The fraction of sp³-hybridized carbons (Fsp3) is 0.280. The number of sulfonamides is 1. The standard InChI is InChI=1S/C25H27BrN2O5S2/c1-4-6-7-15-33-21-13-8-18(16-22(21)32-3)17-23-24(29)28(14-5-2)25(34-23)27-35(30,31)20-11-9-19(26)10-12-20/h5,8-13,16-17H,2,4,6-7,14-15H2,1,3H3/b23-17-,27-25+. The third-order valence-corrected chi connectivity index (χ3v) is 7.93. The van der Waals surface area contributed by atoms with Crippen LogP contribution in [0.15, 0.2) is 73.8 Å². The molecule has 1 aliphatic heterocycles. The number of methoxy groups -OCH3 is 1. The molecule has 0 N–H and O–H groups in total. The van der Waals surface area contributed by atoms with Crippen LogP contribution in [-0.2, 0) is 14.8 Å². The minimum Gasteiger partial charge on any atom is -0.493 e. The van der Waals surface area contributed by atoms with Crippen molar-refractivity contribution in [2.45, 2.75) is 31.1 Å². The third-order valence-electron chi connectivity index (χ3n) is 5.00. The van der Waals surface area contributed by atoms with Crippen LogP contribution in [0.4, 0.5) is 0 Å². The van der Waals surface area contributed by atoms with Crippen LogP contribution in [0.2, 0.25) is 0 Å². The molecule has 2 aromatic carbocycles. The first-order valence-corrected chi connectivity index (χ1v) is 14.1. The van der Waals surface area contributed by atoms with Crippen molar-refractivity contribution in [1.82, 2.24) is 4.90 Å². The highest BCUT2D eigenvalue weighted by Gasteiger charge is 2.34. The van der Waals surface area contributed by atoms with Gasteiger partial charge in [-0.05, 0) is 66.2 Å². The quantitative estimate of drug-likeness (QED) is 0.188. The van der Waals surface area contributed by atoms with E-state index in [9.17, 15) is 13.2 Å². The first-order chi connectivity index (χ1) is 16.8. The highest BCUT2D eigenvalue weighted by atomic mass is 79.9. The molecule has 0 aliphatic carbocycles. The number of ether oxygens (including phenoxy) is 2. The van der Waals surface area contributed by atoms with Gasteiger partial charge in [0.2, 0.25) is 0 Å².